The third kappa shape index (κ3) is 1010. The van der Waals surface area contributed by atoms with Crippen LogP contribution in [0.3, 0.4) is 0 Å². The van der Waals surface area contributed by atoms with Gasteiger partial charge in [-0.15, -0.1) is 0 Å². The lowest BCUT2D eigenvalue weighted by atomic mass is 10.8. The van der Waals surface area contributed by atoms with E-state index in [4.69, 9.17) is 0 Å². The van der Waals surface area contributed by atoms with Crippen LogP contribution in [0.5, 0.6) is 0 Å². The third-order valence-corrected chi connectivity index (χ3v) is 0. The summed E-state index contributed by atoms with van der Waals surface area (Å²) in [5.41, 5.74) is 0. The first-order valence-electron chi connectivity index (χ1n) is 1.44. The first-order chi connectivity index (χ1) is 3.00. The van der Waals surface area contributed by atoms with Crippen LogP contribution in [-0.4, -0.2) is 13.4 Å². The van der Waals surface area contributed by atoms with Gasteiger partial charge in [-0.25, -0.2) is 0 Å². The second kappa shape index (κ2) is 3.89. The Hall–Kier alpha value is -0.280. The molecule has 4 heteroatoms. The van der Waals surface area contributed by atoms with Crippen LogP contribution in [0.15, 0.2) is 0 Å². The summed E-state index contributed by atoms with van der Waals surface area (Å²) in [6.45, 7) is 0.188. The van der Waals surface area contributed by atoms with Crippen LogP contribution in [0.4, 0.5) is 17.6 Å². The molecule has 0 aromatic heterocycles. The van der Waals surface area contributed by atoms with Crippen LogP contribution >= 0.6 is 0 Å². The van der Waals surface area contributed by atoms with Crippen molar-refractivity contribution in [2.75, 3.05) is 7.18 Å². The molecule has 46 valence electrons. The maximum Gasteiger partial charge on any atom is 0.386 e. The summed E-state index contributed by atoms with van der Waals surface area (Å²) < 4.78 is 40.6. The summed E-state index contributed by atoms with van der Waals surface area (Å²) in [6, 6.07) is 0. The van der Waals surface area contributed by atoms with Crippen LogP contribution < -0.4 is 0 Å². The topological polar surface area (TPSA) is 0 Å². The number of alkyl halides is 4. The van der Waals surface area contributed by atoms with Crippen LogP contribution in [0, 0.1) is 0 Å². The van der Waals surface area contributed by atoms with Crippen molar-refractivity contribution in [2.24, 2.45) is 0 Å². The predicted octanol–water partition coefficient (Wildman–Crippen LogP) is 2.15. The van der Waals surface area contributed by atoms with Gasteiger partial charge in [0.15, 0.2) is 0 Å². The molecule has 0 aliphatic rings. The zero-order valence-corrected chi connectivity index (χ0v) is 4.01. The molecule has 7 heavy (non-hydrogen) atoms. The molecule has 0 saturated carbocycles. The van der Waals surface area contributed by atoms with E-state index in [-0.39, 0.29) is 6.92 Å². The van der Waals surface area contributed by atoms with Gasteiger partial charge in [-0.2, -0.15) is 13.2 Å². The zero-order chi connectivity index (χ0) is 6.50. The smallest absolute Gasteiger partial charge is 0.255 e. The second-order valence-corrected chi connectivity index (χ2v) is 0.781. The van der Waals surface area contributed by atoms with E-state index in [0.29, 0.717) is 7.18 Å². The van der Waals surface area contributed by atoms with E-state index in [1.807, 2.05) is 0 Å². The highest BCUT2D eigenvalue weighted by molar-refractivity contribution is 4.26. The molecule has 0 fully saturated rings. The molecule has 0 bridgehead atoms. The monoisotopic (exact) mass is 118 g/mol. The minimum Gasteiger partial charge on any atom is -0.255 e. The Morgan fingerprint density at radius 1 is 1.00 bits per heavy atom. The van der Waals surface area contributed by atoms with Crippen molar-refractivity contribution in [3.8, 4) is 0 Å². The van der Waals surface area contributed by atoms with Gasteiger partial charge in [-0.05, 0) is 0 Å². The predicted molar refractivity (Wildman–Crippen MR) is 18.8 cm³/mol. The van der Waals surface area contributed by atoms with Crippen molar-refractivity contribution in [1.29, 1.82) is 0 Å². The van der Waals surface area contributed by atoms with Crippen molar-refractivity contribution in [3.63, 3.8) is 0 Å². The van der Waals surface area contributed by atoms with E-state index < -0.39 is 6.18 Å². The molecular weight excluding hydrogens is 112 g/mol. The van der Waals surface area contributed by atoms with Crippen LogP contribution in [0.1, 0.15) is 6.92 Å². The quantitative estimate of drug-likeness (QED) is 0.427. The van der Waals surface area contributed by atoms with E-state index in [1.54, 1.807) is 0 Å². The molecule has 0 nitrogen and oxygen atoms in total. The Morgan fingerprint density at radius 3 is 1.00 bits per heavy atom. The molecule has 0 aromatic carbocycles. The number of halogens is 4. The van der Waals surface area contributed by atoms with Gasteiger partial charge in [0.2, 0.25) is 0 Å². The van der Waals surface area contributed by atoms with Gasteiger partial charge in [0.05, 0.1) is 7.18 Å². The molecule has 0 atom stereocenters. The summed E-state index contributed by atoms with van der Waals surface area (Å²) in [4.78, 5) is 0. The van der Waals surface area contributed by atoms with E-state index in [9.17, 15) is 17.6 Å². The Morgan fingerprint density at radius 2 is 1.00 bits per heavy atom. The molecule has 0 saturated heterocycles. The SMILES string of the molecule is CC(F)(F)F.CF. The Labute approximate surface area is 39.1 Å². The van der Waals surface area contributed by atoms with Gasteiger partial charge in [-0.3, -0.25) is 4.39 Å². The molecule has 0 amide bonds. The summed E-state index contributed by atoms with van der Waals surface area (Å²) in [5, 5.41) is 0. The van der Waals surface area contributed by atoms with Crippen LogP contribution in [-0.2, 0) is 0 Å². The fourth-order valence-corrected chi connectivity index (χ4v) is 0. The minimum atomic E-state index is -4.00. The lowest BCUT2D eigenvalue weighted by Crippen LogP contribution is -1.95. The Balaban J connectivity index is 0. The normalized spacial score (nSPS) is 9.43. The van der Waals surface area contributed by atoms with Crippen LogP contribution in [0.2, 0.25) is 0 Å². The van der Waals surface area contributed by atoms with E-state index in [1.165, 1.54) is 0 Å². The maximum absolute atomic E-state index is 10.4. The molecule has 0 radical (unpaired) electrons. The Bertz CT molecular complexity index is 22.4. The van der Waals surface area contributed by atoms with Gasteiger partial charge < -0.3 is 0 Å². The fourth-order valence-electron chi connectivity index (χ4n) is 0. The highest BCUT2D eigenvalue weighted by Crippen LogP contribution is 2.10. The Kier molecular flexibility index (Phi) is 5.49. The molecule has 0 aliphatic heterocycles. The molecule has 0 heterocycles. The maximum atomic E-state index is 10.4. The average molecular weight is 118 g/mol. The van der Waals surface area contributed by atoms with Crippen molar-refractivity contribution < 1.29 is 17.6 Å². The van der Waals surface area contributed by atoms with Gasteiger partial charge >= 0.3 is 6.18 Å². The molecule has 0 rings (SSSR count). The largest absolute Gasteiger partial charge is 0.386 e. The van der Waals surface area contributed by atoms with Crippen molar-refractivity contribution in [3.05, 3.63) is 0 Å². The summed E-state index contributed by atoms with van der Waals surface area (Å²) in [7, 11) is 0.500. The van der Waals surface area contributed by atoms with Crippen molar-refractivity contribution in [2.45, 2.75) is 13.1 Å². The molecule has 0 spiro atoms. The van der Waals surface area contributed by atoms with Gasteiger partial charge in [0.25, 0.3) is 0 Å². The summed E-state index contributed by atoms with van der Waals surface area (Å²) in [6.07, 6.45) is -4.00. The average Bonchev–Trinajstić information content (AvgIpc) is 1.36. The van der Waals surface area contributed by atoms with Gasteiger partial charge in [-0.1, -0.05) is 0 Å². The standard InChI is InChI=1S/C2H3F3.CH3F/c1-2(3,4)5;1-2/h1H3;1H3. The highest BCUT2D eigenvalue weighted by Gasteiger charge is 2.15. The van der Waals surface area contributed by atoms with Crippen molar-refractivity contribution in [1.82, 2.24) is 0 Å². The van der Waals surface area contributed by atoms with E-state index >= 15 is 0 Å². The highest BCUT2D eigenvalue weighted by atomic mass is 19.4. The summed E-state index contributed by atoms with van der Waals surface area (Å²) in [5.74, 6) is 0. The van der Waals surface area contributed by atoms with Gasteiger partial charge in [0, 0.05) is 6.92 Å². The third-order valence-electron chi connectivity index (χ3n) is 0. The number of hydrogen-bond acceptors (Lipinski definition) is 0. The molecule has 0 unspecified atom stereocenters. The number of rotatable bonds is 0. The number of hydrogen-bond donors (Lipinski definition) is 0. The summed E-state index contributed by atoms with van der Waals surface area (Å²) >= 11 is 0. The molecule has 0 aromatic rings. The van der Waals surface area contributed by atoms with Gasteiger partial charge in [0.1, 0.15) is 0 Å². The lowest BCUT2D eigenvalue weighted by Gasteiger charge is -1.88. The van der Waals surface area contributed by atoms with E-state index in [0.717, 1.165) is 0 Å². The van der Waals surface area contributed by atoms with Crippen molar-refractivity contribution >= 4 is 0 Å². The lowest BCUT2D eigenvalue weighted by molar-refractivity contribution is -0.110. The van der Waals surface area contributed by atoms with Crippen LogP contribution in [0.25, 0.3) is 0 Å². The second-order valence-electron chi connectivity index (χ2n) is 0.781. The molecule has 0 aliphatic carbocycles. The minimum absolute atomic E-state index is 0.188. The fraction of sp³-hybridized carbons (Fsp3) is 1.00. The first kappa shape index (κ1) is 9.87. The first-order valence-corrected chi connectivity index (χ1v) is 1.44. The molecule has 0 N–H and O–H groups in total. The zero-order valence-electron chi connectivity index (χ0n) is 4.01. The molecular formula is C3H6F4. The van der Waals surface area contributed by atoms with E-state index in [2.05, 4.69) is 0 Å².